The summed E-state index contributed by atoms with van der Waals surface area (Å²) in [5, 5.41) is 9.07. The molecule has 0 fully saturated rings. The smallest absolute Gasteiger partial charge is 0.215 e. The number of pyridine rings is 1. The molecule has 0 spiro atoms. The predicted molar refractivity (Wildman–Crippen MR) is 37.5 cm³/mol. The van der Waals surface area contributed by atoms with Crippen molar-refractivity contribution in [3.63, 3.8) is 0 Å². The van der Waals surface area contributed by atoms with Gasteiger partial charge in [0.25, 0.3) is 0 Å². The molecule has 0 saturated heterocycles. The van der Waals surface area contributed by atoms with Crippen molar-refractivity contribution in [3.8, 4) is 11.6 Å². The summed E-state index contributed by atoms with van der Waals surface area (Å²) in [6.45, 7) is 0. The number of hydrogen-bond donors (Lipinski definition) is 1. The van der Waals surface area contributed by atoms with Crippen LogP contribution in [-0.4, -0.2) is 17.2 Å². The number of nitrogens with zero attached hydrogens (tertiary/aromatic N) is 1. The summed E-state index contributed by atoms with van der Waals surface area (Å²) in [6, 6.07) is 2.90. The Hall–Kier alpha value is -0.960. The van der Waals surface area contributed by atoms with Gasteiger partial charge in [0, 0.05) is 12.1 Å². The Morgan fingerprint density at radius 3 is 2.80 bits per heavy atom. The van der Waals surface area contributed by atoms with E-state index < -0.39 is 0 Å². The van der Waals surface area contributed by atoms with Gasteiger partial charge in [-0.3, -0.25) is 0 Å². The van der Waals surface area contributed by atoms with Crippen LogP contribution in [0.1, 0.15) is 0 Å². The summed E-state index contributed by atoms with van der Waals surface area (Å²) < 4.78 is 4.79. The van der Waals surface area contributed by atoms with Crippen molar-refractivity contribution in [2.75, 3.05) is 7.11 Å². The molecule has 0 aromatic carbocycles. The molecule has 1 aromatic heterocycles. The van der Waals surface area contributed by atoms with E-state index in [1.54, 1.807) is 0 Å². The maximum Gasteiger partial charge on any atom is 0.215 e. The van der Waals surface area contributed by atoms with Crippen LogP contribution in [-0.2, 0) is 0 Å². The molecule has 0 amide bonds. The van der Waals surface area contributed by atoms with Crippen molar-refractivity contribution in [3.05, 3.63) is 17.3 Å². The van der Waals surface area contributed by atoms with Gasteiger partial charge in [0.15, 0.2) is 0 Å². The highest BCUT2D eigenvalue weighted by molar-refractivity contribution is 6.29. The zero-order chi connectivity index (χ0) is 7.56. The third-order valence-electron chi connectivity index (χ3n) is 0.990. The molecule has 0 atom stereocenters. The van der Waals surface area contributed by atoms with Gasteiger partial charge in [-0.15, -0.1) is 0 Å². The summed E-state index contributed by atoms with van der Waals surface area (Å²) in [5.41, 5.74) is 0. The van der Waals surface area contributed by atoms with E-state index in [0.29, 0.717) is 5.75 Å². The molecule has 1 N–H and O–H groups in total. The fourth-order valence-electron chi connectivity index (χ4n) is 0.578. The lowest BCUT2D eigenvalue weighted by Gasteiger charge is -1.98. The van der Waals surface area contributed by atoms with Crippen LogP contribution in [0.4, 0.5) is 0 Å². The van der Waals surface area contributed by atoms with Crippen LogP contribution in [0.2, 0.25) is 5.15 Å². The number of hydrogen-bond acceptors (Lipinski definition) is 3. The molecular formula is C6H6ClNO2. The number of rotatable bonds is 1. The second-order valence-corrected chi connectivity index (χ2v) is 2.08. The van der Waals surface area contributed by atoms with E-state index in [2.05, 4.69) is 4.98 Å². The number of methoxy groups -OCH3 is 1. The van der Waals surface area contributed by atoms with Gasteiger partial charge in [0.05, 0.1) is 7.11 Å². The Labute approximate surface area is 63.2 Å². The zero-order valence-corrected chi connectivity index (χ0v) is 6.09. The normalized spacial score (nSPS) is 9.40. The van der Waals surface area contributed by atoms with Gasteiger partial charge in [0.2, 0.25) is 5.88 Å². The van der Waals surface area contributed by atoms with Crippen LogP contribution < -0.4 is 4.74 Å². The van der Waals surface area contributed by atoms with Crippen LogP contribution in [0.5, 0.6) is 11.6 Å². The summed E-state index contributed by atoms with van der Waals surface area (Å²) in [7, 11) is 1.49. The van der Waals surface area contributed by atoms with E-state index in [0.717, 1.165) is 0 Å². The summed E-state index contributed by atoms with van der Waals surface area (Å²) >= 11 is 5.48. The average Bonchev–Trinajstić information content (AvgIpc) is 1.85. The molecule has 54 valence electrons. The first-order chi connectivity index (χ1) is 4.72. The van der Waals surface area contributed by atoms with E-state index >= 15 is 0 Å². The second-order valence-electron chi connectivity index (χ2n) is 1.69. The summed E-state index contributed by atoms with van der Waals surface area (Å²) in [6.07, 6.45) is 0. The van der Waals surface area contributed by atoms with Crippen molar-refractivity contribution in [2.45, 2.75) is 0 Å². The Morgan fingerprint density at radius 2 is 2.30 bits per heavy atom. The Balaban J connectivity index is 3.06. The van der Waals surface area contributed by atoms with E-state index in [-0.39, 0.29) is 11.0 Å². The van der Waals surface area contributed by atoms with Gasteiger partial charge in [-0.05, 0) is 0 Å². The Kier molecular flexibility index (Phi) is 1.97. The molecule has 0 aliphatic heterocycles. The van der Waals surface area contributed by atoms with Crippen molar-refractivity contribution in [2.24, 2.45) is 0 Å². The minimum atomic E-state index is -0.135. The number of aromatic hydroxyl groups is 1. The molecule has 0 unspecified atom stereocenters. The lowest BCUT2D eigenvalue weighted by Crippen LogP contribution is -1.83. The molecule has 10 heavy (non-hydrogen) atoms. The summed E-state index contributed by atoms with van der Waals surface area (Å²) in [5.74, 6) is 0.363. The first kappa shape index (κ1) is 7.15. The van der Waals surface area contributed by atoms with Gasteiger partial charge < -0.3 is 9.84 Å². The third-order valence-corrected chi connectivity index (χ3v) is 1.18. The van der Waals surface area contributed by atoms with E-state index in [1.807, 2.05) is 0 Å². The SMILES string of the molecule is COc1cc(O)nc(Cl)c1. The van der Waals surface area contributed by atoms with Crippen LogP contribution in [0.25, 0.3) is 0 Å². The molecule has 0 bridgehead atoms. The predicted octanol–water partition coefficient (Wildman–Crippen LogP) is 1.45. The standard InChI is InChI=1S/C6H6ClNO2/c1-10-4-2-5(7)8-6(9)3-4/h2-3H,1H3,(H,8,9). The maximum atomic E-state index is 8.85. The molecule has 4 heteroatoms. The Morgan fingerprint density at radius 1 is 1.60 bits per heavy atom. The maximum absolute atomic E-state index is 8.85. The van der Waals surface area contributed by atoms with Gasteiger partial charge in [0.1, 0.15) is 10.9 Å². The first-order valence-electron chi connectivity index (χ1n) is 2.63. The number of ether oxygens (including phenoxy) is 1. The van der Waals surface area contributed by atoms with E-state index in [4.69, 9.17) is 21.4 Å². The Bertz CT molecular complexity index is 219. The minimum absolute atomic E-state index is 0.135. The lowest BCUT2D eigenvalue weighted by atomic mass is 10.4. The van der Waals surface area contributed by atoms with Crippen LogP contribution in [0.3, 0.4) is 0 Å². The third kappa shape index (κ3) is 1.51. The molecule has 0 aliphatic carbocycles. The van der Waals surface area contributed by atoms with E-state index in [1.165, 1.54) is 19.2 Å². The van der Waals surface area contributed by atoms with Crippen molar-refractivity contribution < 1.29 is 9.84 Å². The molecular weight excluding hydrogens is 154 g/mol. The fraction of sp³-hybridized carbons (Fsp3) is 0.167. The van der Waals surface area contributed by atoms with Crippen LogP contribution >= 0.6 is 11.6 Å². The highest BCUT2D eigenvalue weighted by Gasteiger charge is 1.97. The average molecular weight is 160 g/mol. The molecule has 1 heterocycles. The highest BCUT2D eigenvalue weighted by Crippen LogP contribution is 2.20. The topological polar surface area (TPSA) is 42.4 Å². The molecule has 3 nitrogen and oxygen atoms in total. The van der Waals surface area contributed by atoms with Gasteiger partial charge in [-0.1, -0.05) is 11.6 Å². The molecule has 0 aliphatic rings. The summed E-state index contributed by atoms with van der Waals surface area (Å²) in [4.78, 5) is 3.52. The van der Waals surface area contributed by atoms with Crippen LogP contribution in [0.15, 0.2) is 12.1 Å². The second kappa shape index (κ2) is 2.75. The molecule has 1 rings (SSSR count). The lowest BCUT2D eigenvalue weighted by molar-refractivity contribution is 0.403. The minimum Gasteiger partial charge on any atom is -0.496 e. The molecule has 0 radical (unpaired) electrons. The van der Waals surface area contributed by atoms with E-state index in [9.17, 15) is 0 Å². The van der Waals surface area contributed by atoms with Crippen molar-refractivity contribution in [1.29, 1.82) is 0 Å². The fourth-order valence-corrected chi connectivity index (χ4v) is 0.772. The number of halogens is 1. The monoisotopic (exact) mass is 159 g/mol. The van der Waals surface area contributed by atoms with Gasteiger partial charge >= 0.3 is 0 Å². The van der Waals surface area contributed by atoms with Crippen molar-refractivity contribution >= 4 is 11.6 Å². The first-order valence-corrected chi connectivity index (χ1v) is 3.00. The zero-order valence-electron chi connectivity index (χ0n) is 5.34. The molecule has 0 saturated carbocycles. The van der Waals surface area contributed by atoms with Crippen molar-refractivity contribution in [1.82, 2.24) is 4.98 Å². The number of aromatic nitrogens is 1. The van der Waals surface area contributed by atoms with Crippen LogP contribution in [0, 0.1) is 0 Å². The van der Waals surface area contributed by atoms with Gasteiger partial charge in [-0.2, -0.15) is 0 Å². The quantitative estimate of drug-likeness (QED) is 0.631. The largest absolute Gasteiger partial charge is 0.496 e. The van der Waals surface area contributed by atoms with Gasteiger partial charge in [-0.25, -0.2) is 4.98 Å². The molecule has 1 aromatic rings. The highest BCUT2D eigenvalue weighted by atomic mass is 35.5.